The Morgan fingerprint density at radius 1 is 1.26 bits per heavy atom. The molecule has 0 saturated carbocycles. The highest BCUT2D eigenvalue weighted by Gasteiger charge is 2.24. The van der Waals surface area contributed by atoms with Crippen LogP contribution in [0.25, 0.3) is 0 Å². The van der Waals surface area contributed by atoms with Crippen molar-refractivity contribution in [1.82, 2.24) is 15.5 Å². The summed E-state index contributed by atoms with van der Waals surface area (Å²) in [6, 6.07) is 0.260. The lowest BCUT2D eigenvalue weighted by atomic mass is 9.90. The number of amides is 2. The summed E-state index contributed by atoms with van der Waals surface area (Å²) in [6.07, 6.45) is 5.02. The normalized spacial score (nSPS) is 27.3. The van der Waals surface area contributed by atoms with Gasteiger partial charge in [0.05, 0.1) is 6.54 Å². The molecule has 2 saturated heterocycles. The molecule has 0 aliphatic carbocycles. The zero-order valence-electron chi connectivity index (χ0n) is 11.8. The highest BCUT2D eigenvalue weighted by Crippen LogP contribution is 2.17. The Labute approximate surface area is 115 Å². The summed E-state index contributed by atoms with van der Waals surface area (Å²) in [5, 5.41) is 6.14. The van der Waals surface area contributed by atoms with E-state index in [9.17, 15) is 9.59 Å². The lowest BCUT2D eigenvalue weighted by Gasteiger charge is -2.29. The van der Waals surface area contributed by atoms with E-state index in [-0.39, 0.29) is 24.4 Å². The standard InChI is InChI=1S/C14H25N3O2/c1-11-5-4-6-15-12(11)9-13(18)16-10-14(19)17-7-2-3-8-17/h11-12,15H,2-10H2,1H3,(H,16,18). The Hall–Kier alpha value is -1.10. The van der Waals surface area contributed by atoms with Gasteiger partial charge >= 0.3 is 0 Å². The zero-order valence-corrected chi connectivity index (χ0v) is 11.8. The number of rotatable bonds is 4. The van der Waals surface area contributed by atoms with Crippen LogP contribution in [0.4, 0.5) is 0 Å². The van der Waals surface area contributed by atoms with Gasteiger partial charge in [0.1, 0.15) is 0 Å². The second kappa shape index (κ2) is 6.89. The molecule has 5 heteroatoms. The Bertz CT molecular complexity index is 327. The van der Waals surface area contributed by atoms with Crippen molar-refractivity contribution in [3.63, 3.8) is 0 Å². The molecule has 0 bridgehead atoms. The molecule has 2 fully saturated rings. The topological polar surface area (TPSA) is 61.4 Å². The molecule has 2 atom stereocenters. The fourth-order valence-electron chi connectivity index (χ4n) is 2.91. The lowest BCUT2D eigenvalue weighted by molar-refractivity contribution is -0.132. The molecule has 0 aromatic heterocycles. The fourth-order valence-corrected chi connectivity index (χ4v) is 2.91. The molecule has 2 heterocycles. The van der Waals surface area contributed by atoms with E-state index in [1.54, 1.807) is 0 Å². The van der Waals surface area contributed by atoms with Gasteiger partial charge in [0, 0.05) is 25.6 Å². The van der Waals surface area contributed by atoms with Crippen molar-refractivity contribution in [3.05, 3.63) is 0 Å². The van der Waals surface area contributed by atoms with Crippen LogP contribution in [-0.4, -0.2) is 48.9 Å². The largest absolute Gasteiger partial charge is 0.347 e. The number of nitrogens with one attached hydrogen (secondary N) is 2. The van der Waals surface area contributed by atoms with Crippen LogP contribution in [0.15, 0.2) is 0 Å². The minimum atomic E-state index is -0.0150. The summed E-state index contributed by atoms with van der Waals surface area (Å²) in [6.45, 7) is 5.01. The molecule has 0 aromatic carbocycles. The highest BCUT2D eigenvalue weighted by atomic mass is 16.2. The van der Waals surface area contributed by atoms with E-state index < -0.39 is 0 Å². The molecular formula is C14H25N3O2. The van der Waals surface area contributed by atoms with Crippen molar-refractivity contribution in [3.8, 4) is 0 Å². The summed E-state index contributed by atoms with van der Waals surface area (Å²) in [5.41, 5.74) is 0. The summed E-state index contributed by atoms with van der Waals surface area (Å²) in [5.74, 6) is 0.572. The molecule has 108 valence electrons. The minimum Gasteiger partial charge on any atom is -0.347 e. The van der Waals surface area contributed by atoms with Crippen molar-refractivity contribution in [2.24, 2.45) is 5.92 Å². The lowest BCUT2D eigenvalue weighted by Crippen LogP contribution is -2.45. The van der Waals surface area contributed by atoms with Crippen LogP contribution in [0.2, 0.25) is 0 Å². The number of hydrogen-bond donors (Lipinski definition) is 2. The van der Waals surface area contributed by atoms with E-state index >= 15 is 0 Å². The molecule has 0 radical (unpaired) electrons. The van der Waals surface area contributed by atoms with E-state index in [1.807, 2.05) is 4.90 Å². The van der Waals surface area contributed by atoms with Crippen LogP contribution in [0, 0.1) is 5.92 Å². The first-order chi connectivity index (χ1) is 9.16. The molecule has 2 unspecified atom stereocenters. The predicted molar refractivity (Wildman–Crippen MR) is 73.6 cm³/mol. The first kappa shape index (κ1) is 14.3. The third-order valence-corrected chi connectivity index (χ3v) is 4.23. The Morgan fingerprint density at radius 2 is 2.00 bits per heavy atom. The number of nitrogens with zero attached hydrogens (tertiary/aromatic N) is 1. The van der Waals surface area contributed by atoms with Crippen LogP contribution in [-0.2, 0) is 9.59 Å². The minimum absolute atomic E-state index is 0.0150. The zero-order chi connectivity index (χ0) is 13.7. The molecule has 2 amide bonds. The van der Waals surface area contributed by atoms with Crippen molar-refractivity contribution >= 4 is 11.8 Å². The average molecular weight is 267 g/mol. The van der Waals surface area contributed by atoms with Gasteiger partial charge in [0.25, 0.3) is 0 Å². The Balaban J connectivity index is 1.67. The smallest absolute Gasteiger partial charge is 0.241 e. The van der Waals surface area contributed by atoms with Gasteiger partial charge in [-0.2, -0.15) is 0 Å². The highest BCUT2D eigenvalue weighted by molar-refractivity contribution is 5.85. The molecule has 2 aliphatic rings. The quantitative estimate of drug-likeness (QED) is 0.780. The second-order valence-corrected chi connectivity index (χ2v) is 5.75. The van der Waals surface area contributed by atoms with E-state index in [2.05, 4.69) is 17.6 Å². The first-order valence-corrected chi connectivity index (χ1v) is 7.44. The van der Waals surface area contributed by atoms with Gasteiger partial charge < -0.3 is 15.5 Å². The van der Waals surface area contributed by atoms with Gasteiger partial charge in [-0.15, -0.1) is 0 Å². The molecule has 5 nitrogen and oxygen atoms in total. The third-order valence-electron chi connectivity index (χ3n) is 4.23. The molecule has 2 N–H and O–H groups in total. The van der Waals surface area contributed by atoms with Crippen molar-refractivity contribution in [2.45, 2.75) is 45.1 Å². The van der Waals surface area contributed by atoms with Gasteiger partial charge in [0.2, 0.25) is 11.8 Å². The van der Waals surface area contributed by atoms with Gasteiger partial charge in [-0.3, -0.25) is 9.59 Å². The van der Waals surface area contributed by atoms with Gasteiger partial charge in [0.15, 0.2) is 0 Å². The number of carbonyl (C=O) groups excluding carboxylic acids is 2. The van der Waals surface area contributed by atoms with Gasteiger partial charge in [-0.25, -0.2) is 0 Å². The van der Waals surface area contributed by atoms with Crippen molar-refractivity contribution < 1.29 is 9.59 Å². The molecular weight excluding hydrogens is 242 g/mol. The monoisotopic (exact) mass is 267 g/mol. The number of piperidine rings is 1. The molecule has 19 heavy (non-hydrogen) atoms. The Kier molecular flexibility index (Phi) is 5.19. The van der Waals surface area contributed by atoms with Gasteiger partial charge in [-0.1, -0.05) is 6.92 Å². The molecule has 0 spiro atoms. The summed E-state index contributed by atoms with van der Waals surface area (Å²) in [7, 11) is 0. The summed E-state index contributed by atoms with van der Waals surface area (Å²) < 4.78 is 0. The van der Waals surface area contributed by atoms with E-state index in [4.69, 9.17) is 0 Å². The average Bonchev–Trinajstić information content (AvgIpc) is 2.93. The fraction of sp³-hybridized carbons (Fsp3) is 0.857. The van der Waals surface area contributed by atoms with E-state index in [1.165, 1.54) is 12.8 Å². The van der Waals surface area contributed by atoms with E-state index in [0.29, 0.717) is 12.3 Å². The van der Waals surface area contributed by atoms with Crippen LogP contribution >= 0.6 is 0 Å². The Morgan fingerprint density at radius 3 is 2.68 bits per heavy atom. The van der Waals surface area contributed by atoms with Crippen LogP contribution < -0.4 is 10.6 Å². The van der Waals surface area contributed by atoms with Gasteiger partial charge in [-0.05, 0) is 38.1 Å². The second-order valence-electron chi connectivity index (χ2n) is 5.75. The van der Waals surface area contributed by atoms with Crippen LogP contribution in [0.5, 0.6) is 0 Å². The summed E-state index contributed by atoms with van der Waals surface area (Å²) >= 11 is 0. The first-order valence-electron chi connectivity index (χ1n) is 7.44. The third kappa shape index (κ3) is 4.20. The van der Waals surface area contributed by atoms with Crippen LogP contribution in [0.1, 0.15) is 39.0 Å². The van der Waals surface area contributed by atoms with E-state index in [0.717, 1.165) is 32.5 Å². The summed E-state index contributed by atoms with van der Waals surface area (Å²) in [4.78, 5) is 25.5. The predicted octanol–water partition coefficient (Wildman–Crippen LogP) is 0.503. The number of carbonyl (C=O) groups is 2. The number of likely N-dealkylation sites (tertiary alicyclic amines) is 1. The van der Waals surface area contributed by atoms with Crippen molar-refractivity contribution in [2.75, 3.05) is 26.2 Å². The van der Waals surface area contributed by atoms with Crippen LogP contribution in [0.3, 0.4) is 0 Å². The maximum absolute atomic E-state index is 11.9. The molecule has 2 rings (SSSR count). The number of hydrogen-bond acceptors (Lipinski definition) is 3. The van der Waals surface area contributed by atoms with Crippen molar-refractivity contribution in [1.29, 1.82) is 0 Å². The molecule has 2 aliphatic heterocycles. The maximum Gasteiger partial charge on any atom is 0.241 e. The SMILES string of the molecule is CC1CCCNC1CC(=O)NCC(=O)N1CCCC1. The molecule has 0 aromatic rings. The maximum atomic E-state index is 11.9.